The third-order valence-electron chi connectivity index (χ3n) is 5.52. The average molecular weight is 493 g/mol. The second-order valence-electron chi connectivity index (χ2n) is 8.21. The number of hydrogen-bond acceptors (Lipinski definition) is 7. The number of benzene rings is 1. The van der Waals surface area contributed by atoms with Gasteiger partial charge in [0.1, 0.15) is 22.6 Å². The summed E-state index contributed by atoms with van der Waals surface area (Å²) in [4.78, 5) is 32.4. The van der Waals surface area contributed by atoms with Crippen LogP contribution in [0.2, 0.25) is 0 Å². The van der Waals surface area contributed by atoms with E-state index in [9.17, 15) is 22.4 Å². The van der Waals surface area contributed by atoms with Crippen LogP contribution in [0.15, 0.2) is 47.5 Å². The summed E-state index contributed by atoms with van der Waals surface area (Å²) in [5.41, 5.74) is 0.362. The molecule has 2 aromatic rings. The van der Waals surface area contributed by atoms with Crippen LogP contribution in [-0.2, 0) is 19.6 Å². The Morgan fingerprint density at radius 3 is 2.35 bits per heavy atom. The van der Waals surface area contributed by atoms with Crippen molar-refractivity contribution in [3.63, 3.8) is 0 Å². The lowest BCUT2D eigenvalue weighted by atomic mass is 10.0. The second-order valence-corrected chi connectivity index (χ2v) is 9.89. The minimum Gasteiger partial charge on any atom is -0.462 e. The van der Waals surface area contributed by atoms with Gasteiger partial charge in [-0.25, -0.2) is 22.6 Å². The number of halogens is 1. The molecule has 1 aromatic carbocycles. The number of hydrogen-bond donors (Lipinski definition) is 1. The Morgan fingerprint density at radius 1 is 1.12 bits per heavy atom. The Morgan fingerprint density at radius 2 is 1.79 bits per heavy atom. The van der Waals surface area contributed by atoms with Gasteiger partial charge in [0.05, 0.1) is 12.2 Å². The quantitative estimate of drug-likeness (QED) is 0.562. The van der Waals surface area contributed by atoms with Crippen molar-refractivity contribution in [3.05, 3.63) is 54.0 Å². The van der Waals surface area contributed by atoms with E-state index in [0.717, 1.165) is 6.07 Å². The number of amides is 1. The molecule has 1 amide bonds. The van der Waals surface area contributed by atoms with Gasteiger partial charge in [0.15, 0.2) is 0 Å². The number of ether oxygens (including phenoxy) is 1. The van der Waals surface area contributed by atoms with E-state index in [0.29, 0.717) is 37.6 Å². The number of rotatable bonds is 8. The summed E-state index contributed by atoms with van der Waals surface area (Å²) >= 11 is 0. The van der Waals surface area contributed by atoms with E-state index in [4.69, 9.17) is 4.74 Å². The minimum atomic E-state index is -4.22. The van der Waals surface area contributed by atoms with Gasteiger partial charge in [0.2, 0.25) is 15.9 Å². The van der Waals surface area contributed by atoms with Crippen LogP contribution in [0, 0.1) is 11.7 Å². The first-order chi connectivity index (χ1) is 16.1. The van der Waals surface area contributed by atoms with Crippen LogP contribution in [0.25, 0.3) is 0 Å². The molecule has 1 atom stereocenters. The smallest absolute Gasteiger partial charge is 0.339 e. The van der Waals surface area contributed by atoms with E-state index in [2.05, 4.69) is 9.71 Å². The molecule has 0 spiro atoms. The van der Waals surface area contributed by atoms with Crippen LogP contribution in [0.1, 0.15) is 31.1 Å². The van der Waals surface area contributed by atoms with Crippen molar-refractivity contribution in [2.24, 2.45) is 5.92 Å². The van der Waals surface area contributed by atoms with E-state index in [-0.39, 0.29) is 18.4 Å². The number of piperazine rings is 1. The Kier molecular flexibility index (Phi) is 8.21. The predicted octanol–water partition coefficient (Wildman–Crippen LogP) is 2.05. The molecule has 0 saturated carbocycles. The summed E-state index contributed by atoms with van der Waals surface area (Å²) in [7, 11) is -4.22. The Bertz CT molecular complexity index is 1120. The molecule has 34 heavy (non-hydrogen) atoms. The summed E-state index contributed by atoms with van der Waals surface area (Å²) in [6.07, 6.45) is 1.46. The molecule has 1 aliphatic heterocycles. The fourth-order valence-electron chi connectivity index (χ4n) is 3.63. The highest BCUT2D eigenvalue weighted by Gasteiger charge is 2.34. The number of anilines is 1. The van der Waals surface area contributed by atoms with Crippen molar-refractivity contribution in [1.82, 2.24) is 14.6 Å². The van der Waals surface area contributed by atoms with Gasteiger partial charge in [0, 0.05) is 32.4 Å². The summed E-state index contributed by atoms with van der Waals surface area (Å²) in [6.45, 7) is 7.19. The molecule has 0 radical (unpaired) electrons. The monoisotopic (exact) mass is 492 g/mol. The topological polar surface area (TPSA) is 109 Å². The molecule has 9 nitrogen and oxygen atoms in total. The highest BCUT2D eigenvalue weighted by atomic mass is 32.2. The number of nitrogens with zero attached hydrogens (tertiary/aromatic N) is 3. The van der Waals surface area contributed by atoms with Gasteiger partial charge < -0.3 is 14.5 Å². The molecule has 184 valence electrons. The van der Waals surface area contributed by atoms with Crippen molar-refractivity contribution >= 4 is 27.7 Å². The lowest BCUT2D eigenvalue weighted by Gasteiger charge is -2.37. The van der Waals surface area contributed by atoms with Crippen LogP contribution < -0.4 is 9.62 Å². The maximum absolute atomic E-state index is 14.1. The molecular weight excluding hydrogens is 463 g/mol. The molecule has 3 rings (SSSR count). The number of aromatic nitrogens is 1. The molecule has 1 saturated heterocycles. The minimum absolute atomic E-state index is 0.282. The van der Waals surface area contributed by atoms with Crippen molar-refractivity contribution in [1.29, 1.82) is 0 Å². The van der Waals surface area contributed by atoms with E-state index < -0.39 is 32.7 Å². The van der Waals surface area contributed by atoms with Gasteiger partial charge in [0.25, 0.3) is 0 Å². The summed E-state index contributed by atoms with van der Waals surface area (Å²) in [5.74, 6) is -1.35. The maximum Gasteiger partial charge on any atom is 0.339 e. The van der Waals surface area contributed by atoms with Crippen LogP contribution in [0.4, 0.5) is 10.2 Å². The molecule has 1 fully saturated rings. The Hall–Kier alpha value is -3.05. The number of esters is 1. The van der Waals surface area contributed by atoms with Crippen LogP contribution in [0.3, 0.4) is 0 Å². The van der Waals surface area contributed by atoms with Crippen molar-refractivity contribution in [3.8, 4) is 0 Å². The lowest BCUT2D eigenvalue weighted by molar-refractivity contribution is -0.134. The van der Waals surface area contributed by atoms with Crippen LogP contribution in [-0.4, -0.2) is 69.0 Å². The van der Waals surface area contributed by atoms with Gasteiger partial charge in [-0.3, -0.25) is 4.79 Å². The first-order valence-electron chi connectivity index (χ1n) is 11.1. The van der Waals surface area contributed by atoms with Gasteiger partial charge in [-0.15, -0.1) is 0 Å². The zero-order chi connectivity index (χ0) is 24.9. The average Bonchev–Trinajstić information content (AvgIpc) is 2.82. The van der Waals surface area contributed by atoms with E-state index in [1.165, 1.54) is 24.4 Å². The van der Waals surface area contributed by atoms with Crippen LogP contribution in [0.5, 0.6) is 0 Å². The number of carbonyl (C=O) groups is 2. The normalized spacial score (nSPS) is 15.3. The molecule has 0 bridgehead atoms. The first kappa shape index (κ1) is 25.6. The third kappa shape index (κ3) is 5.89. The summed E-state index contributed by atoms with van der Waals surface area (Å²) in [6, 6.07) is 7.39. The highest BCUT2D eigenvalue weighted by Crippen LogP contribution is 2.19. The van der Waals surface area contributed by atoms with Gasteiger partial charge in [-0.2, -0.15) is 4.72 Å². The SMILES string of the molecule is CCOC(=O)c1ccc(N2CCN(C(=O)[C@@H](NS(=O)(=O)c3ccccc3F)C(C)C)CC2)nc1. The molecular formula is C23H29FN4O5S. The highest BCUT2D eigenvalue weighted by molar-refractivity contribution is 7.89. The molecule has 0 aliphatic carbocycles. The van der Waals surface area contributed by atoms with E-state index in [1.807, 2.05) is 4.90 Å². The van der Waals surface area contributed by atoms with E-state index in [1.54, 1.807) is 37.8 Å². The van der Waals surface area contributed by atoms with Gasteiger partial charge in [-0.05, 0) is 37.1 Å². The molecule has 1 N–H and O–H groups in total. The summed E-state index contributed by atoms with van der Waals surface area (Å²) < 4.78 is 46.9. The number of carbonyl (C=O) groups excluding carboxylic acids is 2. The van der Waals surface area contributed by atoms with Crippen LogP contribution >= 0.6 is 0 Å². The Balaban J connectivity index is 1.65. The first-order valence-corrected chi connectivity index (χ1v) is 12.6. The van der Waals surface area contributed by atoms with Crippen molar-refractivity contribution in [2.45, 2.75) is 31.7 Å². The molecule has 11 heteroatoms. The predicted molar refractivity (Wildman–Crippen MR) is 124 cm³/mol. The molecule has 1 aliphatic rings. The molecule has 0 unspecified atom stereocenters. The largest absolute Gasteiger partial charge is 0.462 e. The molecule has 1 aromatic heterocycles. The molecule has 2 heterocycles. The number of pyridine rings is 1. The van der Waals surface area contributed by atoms with Crippen molar-refractivity contribution < 1.29 is 27.1 Å². The summed E-state index contributed by atoms with van der Waals surface area (Å²) in [5, 5.41) is 0. The second kappa shape index (κ2) is 10.9. The number of sulfonamides is 1. The zero-order valence-electron chi connectivity index (χ0n) is 19.4. The standard InChI is InChI=1S/C23H29FN4O5S/c1-4-33-23(30)17-9-10-20(25-15-17)27-11-13-28(14-12-27)22(29)21(16(2)3)26-34(31,32)19-8-6-5-7-18(19)24/h5-10,15-16,21,26H,4,11-14H2,1-3H3/t21-/m0/s1. The zero-order valence-corrected chi connectivity index (χ0v) is 20.2. The van der Waals surface area contributed by atoms with E-state index >= 15 is 0 Å². The fourth-order valence-corrected chi connectivity index (χ4v) is 5.04. The number of nitrogens with one attached hydrogen (secondary N) is 1. The third-order valence-corrected chi connectivity index (χ3v) is 6.99. The maximum atomic E-state index is 14.1. The van der Waals surface area contributed by atoms with Gasteiger partial charge >= 0.3 is 5.97 Å². The van der Waals surface area contributed by atoms with Gasteiger partial charge in [-0.1, -0.05) is 26.0 Å². The lowest BCUT2D eigenvalue weighted by Crippen LogP contribution is -2.56. The Labute approximate surface area is 199 Å². The van der Waals surface area contributed by atoms with Crippen molar-refractivity contribution in [2.75, 3.05) is 37.7 Å². The fraction of sp³-hybridized carbons (Fsp3) is 0.435.